The lowest BCUT2D eigenvalue weighted by atomic mass is 9.98. The Bertz CT molecular complexity index is 1500. The Morgan fingerprint density at radius 1 is 1.07 bits per heavy atom. The zero-order valence-corrected chi connectivity index (χ0v) is 27.5. The Hall–Kier alpha value is -4.41. The molecule has 10 nitrogen and oxygen atoms in total. The van der Waals surface area contributed by atoms with E-state index in [-0.39, 0.29) is 24.3 Å². The lowest BCUT2D eigenvalue weighted by molar-refractivity contribution is -0.128. The molecule has 10 heteroatoms. The quantitative estimate of drug-likeness (QED) is 0.192. The molecule has 0 fully saturated rings. The monoisotopic (exact) mass is 629 g/mol. The molecule has 0 spiro atoms. The predicted molar refractivity (Wildman–Crippen MR) is 181 cm³/mol. The van der Waals surface area contributed by atoms with E-state index in [4.69, 9.17) is 4.74 Å². The van der Waals surface area contributed by atoms with E-state index in [0.29, 0.717) is 44.8 Å². The van der Waals surface area contributed by atoms with E-state index in [0.717, 1.165) is 33.5 Å². The normalized spacial score (nSPS) is 15.4. The van der Waals surface area contributed by atoms with Crippen molar-refractivity contribution in [2.45, 2.75) is 77.7 Å². The second-order valence-corrected chi connectivity index (χ2v) is 12.4. The van der Waals surface area contributed by atoms with Gasteiger partial charge in [0.15, 0.2) is 0 Å². The van der Waals surface area contributed by atoms with Crippen molar-refractivity contribution in [3.8, 4) is 16.9 Å². The van der Waals surface area contributed by atoms with Crippen LogP contribution in [0.25, 0.3) is 11.1 Å². The van der Waals surface area contributed by atoms with Crippen LogP contribution in [0.2, 0.25) is 0 Å². The van der Waals surface area contributed by atoms with Crippen LogP contribution in [0.1, 0.15) is 57.2 Å². The number of aryl methyl sites for hydroxylation is 1. The molecule has 246 valence electrons. The molecule has 3 aromatic carbocycles. The number of amides is 4. The fourth-order valence-corrected chi connectivity index (χ4v) is 5.64. The van der Waals surface area contributed by atoms with Crippen LogP contribution in [-0.4, -0.2) is 60.8 Å². The fourth-order valence-electron chi connectivity index (χ4n) is 5.64. The third kappa shape index (κ3) is 9.31. The smallest absolute Gasteiger partial charge is 0.315 e. The average molecular weight is 630 g/mol. The number of anilines is 1. The van der Waals surface area contributed by atoms with Gasteiger partial charge in [-0.15, -0.1) is 0 Å². The van der Waals surface area contributed by atoms with Gasteiger partial charge in [0.05, 0.1) is 19.8 Å². The Morgan fingerprint density at radius 3 is 2.50 bits per heavy atom. The summed E-state index contributed by atoms with van der Waals surface area (Å²) in [4.78, 5) is 41.0. The first-order valence-corrected chi connectivity index (χ1v) is 15.9. The van der Waals surface area contributed by atoms with Crippen LogP contribution in [-0.2, 0) is 29.1 Å². The van der Waals surface area contributed by atoms with Gasteiger partial charge in [0.25, 0.3) is 0 Å². The number of urea groups is 1. The van der Waals surface area contributed by atoms with E-state index in [1.165, 1.54) is 0 Å². The van der Waals surface area contributed by atoms with Gasteiger partial charge >= 0.3 is 6.03 Å². The maximum absolute atomic E-state index is 14.1. The second kappa shape index (κ2) is 15.7. The first-order valence-electron chi connectivity index (χ1n) is 15.9. The fraction of sp³-hybridized carbons (Fsp3) is 0.417. The van der Waals surface area contributed by atoms with Gasteiger partial charge in [-0.3, -0.25) is 9.59 Å². The Labute approximate surface area is 271 Å². The van der Waals surface area contributed by atoms with Crippen LogP contribution < -0.4 is 30.9 Å². The van der Waals surface area contributed by atoms with Gasteiger partial charge < -0.3 is 36.0 Å². The van der Waals surface area contributed by atoms with Gasteiger partial charge in [0.1, 0.15) is 11.8 Å². The first-order chi connectivity index (χ1) is 22.0. The van der Waals surface area contributed by atoms with Crippen LogP contribution in [0, 0.1) is 0 Å². The number of rotatable bonds is 13. The molecule has 0 aromatic heterocycles. The predicted octanol–water partition coefficient (Wildman–Crippen LogP) is 4.28. The third-order valence-electron chi connectivity index (χ3n) is 8.06. The van der Waals surface area contributed by atoms with Crippen LogP contribution >= 0.6 is 0 Å². The number of β-amino-alcohol motifs (C(OH)–C–C–N with tert-alkyl or cyclic N) is 1. The number of nitrogens with one attached hydrogen (secondary N) is 4. The minimum absolute atomic E-state index is 0.159. The van der Waals surface area contributed by atoms with Crippen molar-refractivity contribution in [3.63, 3.8) is 0 Å². The summed E-state index contributed by atoms with van der Waals surface area (Å²) in [5.41, 5.74) is 5.18. The van der Waals surface area contributed by atoms with Crippen LogP contribution in [0.15, 0.2) is 66.7 Å². The summed E-state index contributed by atoms with van der Waals surface area (Å²) < 4.78 is 5.47. The maximum atomic E-state index is 14.1. The van der Waals surface area contributed by atoms with E-state index < -0.39 is 17.7 Å². The average Bonchev–Trinajstić information content (AvgIpc) is 3.15. The molecule has 0 saturated carbocycles. The maximum Gasteiger partial charge on any atom is 0.315 e. The molecule has 4 rings (SSSR count). The van der Waals surface area contributed by atoms with E-state index in [1.807, 2.05) is 87.5 Å². The van der Waals surface area contributed by atoms with Crippen LogP contribution in [0.3, 0.4) is 0 Å². The molecule has 46 heavy (non-hydrogen) atoms. The molecule has 0 unspecified atom stereocenters. The lowest BCUT2D eigenvalue weighted by Crippen LogP contribution is -2.51. The van der Waals surface area contributed by atoms with E-state index in [9.17, 15) is 19.5 Å². The summed E-state index contributed by atoms with van der Waals surface area (Å²) in [6, 6.07) is 20.8. The van der Waals surface area contributed by atoms with Crippen molar-refractivity contribution < 1.29 is 24.2 Å². The van der Waals surface area contributed by atoms with E-state index in [2.05, 4.69) is 21.3 Å². The van der Waals surface area contributed by atoms with Gasteiger partial charge in [-0.05, 0) is 86.6 Å². The number of nitrogens with zero attached hydrogens (tertiary/aromatic N) is 1. The zero-order valence-electron chi connectivity index (χ0n) is 27.5. The largest absolute Gasteiger partial charge is 0.497 e. The molecule has 1 heterocycles. The number of benzene rings is 3. The summed E-state index contributed by atoms with van der Waals surface area (Å²) in [5, 5.41) is 21.5. The number of aliphatic hydroxyl groups is 1. The van der Waals surface area contributed by atoms with Gasteiger partial charge in [-0.25, -0.2) is 4.79 Å². The Balaban J connectivity index is 1.54. The van der Waals surface area contributed by atoms with Crippen molar-refractivity contribution in [1.29, 1.82) is 0 Å². The summed E-state index contributed by atoms with van der Waals surface area (Å²) in [5.74, 6) is 0.316. The highest BCUT2D eigenvalue weighted by molar-refractivity contribution is 6.00. The van der Waals surface area contributed by atoms with Gasteiger partial charge in [0.2, 0.25) is 11.8 Å². The molecule has 0 radical (unpaired) electrons. The standard InChI is InChI=1S/C36H47N5O5/c1-6-37-35(45)38-22-28-9-7-8-10-30(28)26-13-11-25(12-14-26)23-41-32-18-16-29(46-5)19-27(32)15-17-31(34(41)44)40-33(43)20-36(3,4)39-21-24(2)42/h7-14,16,18-19,24,31,39,42H,6,15,17,20-23H2,1-5H3,(H,40,43)(H2,37,38,45)/t24-,31-/m1/s1. The highest BCUT2D eigenvalue weighted by Gasteiger charge is 2.33. The van der Waals surface area contributed by atoms with Crippen LogP contribution in [0.4, 0.5) is 10.5 Å². The van der Waals surface area contributed by atoms with E-state index in [1.54, 1.807) is 18.9 Å². The molecule has 4 amide bonds. The van der Waals surface area contributed by atoms with Crippen molar-refractivity contribution >= 4 is 23.5 Å². The van der Waals surface area contributed by atoms with Gasteiger partial charge in [0, 0.05) is 37.3 Å². The second-order valence-electron chi connectivity index (χ2n) is 12.4. The summed E-state index contributed by atoms with van der Waals surface area (Å²) in [7, 11) is 1.62. The molecule has 1 aliphatic heterocycles. The van der Waals surface area contributed by atoms with Gasteiger partial charge in [-0.2, -0.15) is 0 Å². The molecular formula is C36H47N5O5. The SMILES string of the molecule is CCNC(=O)NCc1ccccc1-c1ccc(CN2C(=O)[C@H](NC(=O)CC(C)(C)NC[C@@H](C)O)CCc3cc(OC)ccc32)cc1. The van der Waals surface area contributed by atoms with Gasteiger partial charge in [-0.1, -0.05) is 48.5 Å². The zero-order chi connectivity index (χ0) is 33.3. The minimum Gasteiger partial charge on any atom is -0.497 e. The topological polar surface area (TPSA) is 132 Å². The molecule has 1 aliphatic rings. The summed E-state index contributed by atoms with van der Waals surface area (Å²) in [6.45, 7) is 9.02. The summed E-state index contributed by atoms with van der Waals surface area (Å²) >= 11 is 0. The van der Waals surface area contributed by atoms with Crippen molar-refractivity contribution in [1.82, 2.24) is 21.3 Å². The Morgan fingerprint density at radius 2 is 1.80 bits per heavy atom. The van der Waals surface area contributed by atoms with Crippen molar-refractivity contribution in [2.75, 3.05) is 25.1 Å². The molecule has 0 bridgehead atoms. The molecule has 3 aromatic rings. The number of methoxy groups -OCH3 is 1. The number of carbonyl (C=O) groups is 3. The first kappa shape index (κ1) is 34.5. The molecule has 2 atom stereocenters. The summed E-state index contributed by atoms with van der Waals surface area (Å²) in [6.07, 6.45) is 0.688. The number of aliphatic hydroxyl groups excluding tert-OH is 1. The highest BCUT2D eigenvalue weighted by Crippen LogP contribution is 2.32. The minimum atomic E-state index is -0.693. The van der Waals surface area contributed by atoms with E-state index >= 15 is 0 Å². The molecule has 0 aliphatic carbocycles. The lowest BCUT2D eigenvalue weighted by Gasteiger charge is -2.29. The number of fused-ring (bicyclic) bond motifs is 1. The highest BCUT2D eigenvalue weighted by atomic mass is 16.5. The third-order valence-corrected chi connectivity index (χ3v) is 8.06. The Kier molecular flexibility index (Phi) is 11.8. The van der Waals surface area contributed by atoms with Crippen molar-refractivity contribution in [3.05, 3.63) is 83.4 Å². The number of carbonyl (C=O) groups excluding carboxylic acids is 3. The molecule has 5 N–H and O–H groups in total. The number of hydrogen-bond acceptors (Lipinski definition) is 6. The molecule has 0 saturated heterocycles. The number of ether oxygens (including phenoxy) is 1. The number of hydrogen-bond donors (Lipinski definition) is 5. The molecular weight excluding hydrogens is 582 g/mol. The van der Waals surface area contributed by atoms with Crippen LogP contribution in [0.5, 0.6) is 5.75 Å². The van der Waals surface area contributed by atoms with Crippen molar-refractivity contribution in [2.24, 2.45) is 0 Å².